The Kier molecular flexibility index (Phi) is 4.78. The van der Waals surface area contributed by atoms with E-state index in [2.05, 4.69) is 0 Å². The molecule has 0 amide bonds. The maximum absolute atomic E-state index is 10.7. The van der Waals surface area contributed by atoms with Crippen LogP contribution in [0.1, 0.15) is 13.3 Å². The molecule has 6 nitrogen and oxygen atoms in total. The van der Waals surface area contributed by atoms with E-state index >= 15 is 0 Å². The predicted molar refractivity (Wildman–Crippen MR) is 73.9 cm³/mol. The lowest BCUT2D eigenvalue weighted by molar-refractivity contribution is 0.341. The Bertz CT molecular complexity index is 543. The van der Waals surface area contributed by atoms with Gasteiger partial charge in [0.15, 0.2) is 11.5 Å². The third-order valence-electron chi connectivity index (χ3n) is 3.33. The zero-order valence-electron chi connectivity index (χ0n) is 11.1. The van der Waals surface area contributed by atoms with Gasteiger partial charge >= 0.3 is 0 Å². The van der Waals surface area contributed by atoms with E-state index in [0.29, 0.717) is 24.0 Å². The van der Waals surface area contributed by atoms with E-state index in [1.54, 1.807) is 6.07 Å². The molecule has 0 aliphatic carbocycles. The minimum absolute atomic E-state index is 0.190. The van der Waals surface area contributed by atoms with Crippen LogP contribution in [0.15, 0.2) is 18.2 Å². The molecule has 1 aromatic carbocycles. The van der Waals surface area contributed by atoms with Gasteiger partial charge in [0.2, 0.25) is 0 Å². The zero-order valence-corrected chi connectivity index (χ0v) is 11.9. The number of phenolic OH excluding ortho intramolecular Hbond substituents is 2. The SMILES string of the molecule is CC[N+](C)(CCCS(=O)(=O)O)c1ccc(O)c(O)c1. The molecule has 3 N–H and O–H groups in total. The number of quaternary nitrogens is 1. The predicted octanol–water partition coefficient (Wildman–Crippen LogP) is 1.33. The van der Waals surface area contributed by atoms with Crippen LogP contribution >= 0.6 is 0 Å². The number of aromatic hydroxyl groups is 2. The maximum atomic E-state index is 10.7. The van der Waals surface area contributed by atoms with Crippen molar-refractivity contribution in [2.24, 2.45) is 0 Å². The fourth-order valence-electron chi connectivity index (χ4n) is 1.91. The van der Waals surface area contributed by atoms with Crippen LogP contribution in [0.5, 0.6) is 11.5 Å². The number of benzene rings is 1. The number of phenols is 2. The van der Waals surface area contributed by atoms with Crippen molar-refractivity contribution in [3.05, 3.63) is 18.2 Å². The Labute approximate surface area is 113 Å². The minimum Gasteiger partial charge on any atom is -0.504 e. The van der Waals surface area contributed by atoms with Gasteiger partial charge in [0.05, 0.1) is 25.9 Å². The molecule has 0 saturated heterocycles. The molecule has 1 rings (SSSR count). The fraction of sp³-hybridized carbons (Fsp3) is 0.500. The molecule has 19 heavy (non-hydrogen) atoms. The van der Waals surface area contributed by atoms with Gasteiger partial charge in [0, 0.05) is 18.6 Å². The first-order valence-electron chi connectivity index (χ1n) is 6.00. The van der Waals surface area contributed by atoms with Gasteiger partial charge in [0.1, 0.15) is 5.69 Å². The summed E-state index contributed by atoms with van der Waals surface area (Å²) >= 11 is 0. The molecular weight excluding hydrogens is 270 g/mol. The lowest BCUT2D eigenvalue weighted by atomic mass is 10.2. The highest BCUT2D eigenvalue weighted by atomic mass is 32.2. The van der Waals surface area contributed by atoms with Crippen LogP contribution in [-0.2, 0) is 10.1 Å². The summed E-state index contributed by atoms with van der Waals surface area (Å²) in [4.78, 5) is 0. The van der Waals surface area contributed by atoms with E-state index < -0.39 is 10.1 Å². The van der Waals surface area contributed by atoms with Crippen LogP contribution in [0.2, 0.25) is 0 Å². The van der Waals surface area contributed by atoms with Gasteiger partial charge in [-0.2, -0.15) is 8.42 Å². The molecule has 7 heteroatoms. The maximum Gasteiger partial charge on any atom is 0.265 e. The quantitative estimate of drug-likeness (QED) is 0.417. The van der Waals surface area contributed by atoms with Crippen LogP contribution in [0.3, 0.4) is 0 Å². The summed E-state index contributed by atoms with van der Waals surface area (Å²) in [5, 5.41) is 18.8. The molecule has 0 saturated carbocycles. The van der Waals surface area contributed by atoms with Crippen molar-refractivity contribution >= 4 is 15.8 Å². The van der Waals surface area contributed by atoms with Crippen LogP contribution in [-0.4, -0.2) is 49.1 Å². The lowest BCUT2D eigenvalue weighted by Crippen LogP contribution is -2.46. The number of rotatable bonds is 6. The Balaban J connectivity index is 2.87. The topological polar surface area (TPSA) is 94.8 Å². The highest BCUT2D eigenvalue weighted by Gasteiger charge is 2.24. The van der Waals surface area contributed by atoms with Crippen LogP contribution < -0.4 is 4.48 Å². The molecule has 1 atom stereocenters. The summed E-state index contributed by atoms with van der Waals surface area (Å²) in [5.41, 5.74) is 0.771. The Morgan fingerprint density at radius 3 is 2.32 bits per heavy atom. The van der Waals surface area contributed by atoms with Crippen LogP contribution in [0.4, 0.5) is 5.69 Å². The molecule has 0 aromatic heterocycles. The Morgan fingerprint density at radius 2 is 1.84 bits per heavy atom. The highest BCUT2D eigenvalue weighted by molar-refractivity contribution is 7.85. The van der Waals surface area contributed by atoms with Gasteiger partial charge in [-0.3, -0.25) is 9.04 Å². The summed E-state index contributed by atoms with van der Waals surface area (Å²) in [6.07, 6.45) is 0.310. The molecule has 0 spiro atoms. The second-order valence-electron chi connectivity index (χ2n) is 4.75. The van der Waals surface area contributed by atoms with Gasteiger partial charge < -0.3 is 10.2 Å². The van der Waals surface area contributed by atoms with Gasteiger partial charge in [-0.25, -0.2) is 0 Å². The number of hydrogen-bond acceptors (Lipinski definition) is 4. The zero-order chi connectivity index (χ0) is 14.7. The van der Waals surface area contributed by atoms with Crippen molar-refractivity contribution in [2.75, 3.05) is 25.9 Å². The van der Waals surface area contributed by atoms with E-state index in [4.69, 9.17) is 4.55 Å². The summed E-state index contributed by atoms with van der Waals surface area (Å²) in [7, 11) is -2.05. The molecule has 1 aromatic rings. The molecule has 0 heterocycles. The second-order valence-corrected chi connectivity index (χ2v) is 6.32. The van der Waals surface area contributed by atoms with Crippen molar-refractivity contribution < 1.29 is 23.2 Å². The van der Waals surface area contributed by atoms with Gasteiger partial charge in [-0.1, -0.05) is 0 Å². The van der Waals surface area contributed by atoms with Crippen molar-refractivity contribution in [2.45, 2.75) is 13.3 Å². The third kappa shape index (κ3) is 4.38. The normalized spacial score (nSPS) is 15.1. The highest BCUT2D eigenvalue weighted by Crippen LogP contribution is 2.32. The van der Waals surface area contributed by atoms with Crippen molar-refractivity contribution in [1.82, 2.24) is 4.48 Å². The van der Waals surface area contributed by atoms with E-state index in [1.165, 1.54) is 12.1 Å². The van der Waals surface area contributed by atoms with Gasteiger partial charge in [-0.05, 0) is 13.0 Å². The Morgan fingerprint density at radius 1 is 1.21 bits per heavy atom. The lowest BCUT2D eigenvalue weighted by Gasteiger charge is -2.33. The summed E-state index contributed by atoms with van der Waals surface area (Å²) in [6.45, 7) is 3.13. The van der Waals surface area contributed by atoms with Gasteiger partial charge in [0.25, 0.3) is 10.1 Å². The molecule has 108 valence electrons. The molecule has 0 aliphatic rings. The van der Waals surface area contributed by atoms with E-state index in [-0.39, 0.29) is 17.3 Å². The smallest absolute Gasteiger partial charge is 0.265 e. The Hall–Kier alpha value is -1.31. The van der Waals surface area contributed by atoms with Crippen LogP contribution in [0, 0.1) is 0 Å². The molecule has 0 aliphatic heterocycles. The van der Waals surface area contributed by atoms with E-state index in [1.807, 2.05) is 14.0 Å². The summed E-state index contributed by atoms with van der Waals surface area (Å²) in [6, 6.07) is 4.55. The molecular formula is C12H20NO5S+. The average Bonchev–Trinajstić information content (AvgIpc) is 2.30. The largest absolute Gasteiger partial charge is 0.504 e. The molecule has 0 radical (unpaired) electrons. The van der Waals surface area contributed by atoms with E-state index in [0.717, 1.165) is 5.69 Å². The molecule has 0 fully saturated rings. The number of nitrogens with zero attached hydrogens (tertiary/aromatic N) is 1. The minimum atomic E-state index is -3.95. The molecule has 0 bridgehead atoms. The monoisotopic (exact) mass is 290 g/mol. The average molecular weight is 290 g/mol. The first-order chi connectivity index (χ1) is 8.68. The first kappa shape index (κ1) is 15.7. The first-order valence-corrected chi connectivity index (χ1v) is 7.61. The van der Waals surface area contributed by atoms with E-state index in [9.17, 15) is 18.6 Å². The second kappa shape index (κ2) is 5.77. The standard InChI is InChI=1S/C12H19NO5S/c1-3-13(2,7-4-8-19(16,17)18)10-5-6-11(14)12(15)9-10/h5-6,9H,3-4,7-8H2,1-2H3,(H2-,14,15,16,17,18)/p+1. The van der Waals surface area contributed by atoms with Crippen molar-refractivity contribution in [1.29, 1.82) is 0 Å². The van der Waals surface area contributed by atoms with Crippen molar-refractivity contribution in [3.63, 3.8) is 0 Å². The van der Waals surface area contributed by atoms with Crippen molar-refractivity contribution in [3.8, 4) is 11.5 Å². The summed E-state index contributed by atoms with van der Waals surface area (Å²) in [5.74, 6) is -0.681. The van der Waals surface area contributed by atoms with Gasteiger partial charge in [-0.15, -0.1) is 0 Å². The fourth-order valence-corrected chi connectivity index (χ4v) is 2.41. The third-order valence-corrected chi connectivity index (χ3v) is 4.14. The number of hydrogen-bond donors (Lipinski definition) is 3. The van der Waals surface area contributed by atoms with Crippen LogP contribution in [0.25, 0.3) is 0 Å². The molecule has 1 unspecified atom stereocenters. The summed E-state index contributed by atoms with van der Waals surface area (Å²) < 4.78 is 30.6.